The van der Waals surface area contributed by atoms with E-state index in [1.54, 1.807) is 11.3 Å². The molecule has 2 heterocycles. The molecule has 0 spiro atoms. The van der Waals surface area contributed by atoms with Crippen LogP contribution in [0.5, 0.6) is 0 Å². The Bertz CT molecular complexity index is 731. The smallest absolute Gasteiger partial charge is 0.0905 e. The fraction of sp³-hybridized carbons (Fsp3) is 0.200. The summed E-state index contributed by atoms with van der Waals surface area (Å²) in [6, 6.07) is 10.2. The molecule has 3 rings (SSSR count). The molecule has 2 N–H and O–H groups in total. The Morgan fingerprint density at radius 3 is 2.89 bits per heavy atom. The molecule has 0 aliphatic carbocycles. The second-order valence-electron chi connectivity index (χ2n) is 4.65. The van der Waals surface area contributed by atoms with E-state index in [0.717, 1.165) is 32.0 Å². The number of pyridine rings is 1. The highest BCUT2D eigenvalue weighted by atomic mass is 32.1. The molecular weight excluding hydrogens is 254 g/mol. The van der Waals surface area contributed by atoms with Crippen molar-refractivity contribution in [2.24, 2.45) is 5.73 Å². The molecule has 0 radical (unpaired) electrons. The van der Waals surface area contributed by atoms with E-state index in [1.807, 2.05) is 32.2 Å². The van der Waals surface area contributed by atoms with Crippen LogP contribution in [0.4, 0.5) is 0 Å². The van der Waals surface area contributed by atoms with Crippen LogP contribution in [0.1, 0.15) is 22.9 Å². The predicted octanol–water partition coefficient (Wildman–Crippen LogP) is 3.69. The van der Waals surface area contributed by atoms with Crippen molar-refractivity contribution < 1.29 is 0 Å². The first kappa shape index (κ1) is 12.3. The Labute approximate surface area is 116 Å². The largest absolute Gasteiger partial charge is 0.323 e. The lowest BCUT2D eigenvalue weighted by molar-refractivity contribution is 0.837. The molecule has 3 aromatic rings. The summed E-state index contributed by atoms with van der Waals surface area (Å²) in [5.41, 5.74) is 9.15. The van der Waals surface area contributed by atoms with E-state index in [9.17, 15) is 0 Å². The zero-order valence-electron chi connectivity index (χ0n) is 10.9. The normalized spacial score (nSPS) is 12.8. The van der Waals surface area contributed by atoms with Gasteiger partial charge in [0.25, 0.3) is 0 Å². The van der Waals surface area contributed by atoms with Crippen LogP contribution in [0, 0.1) is 6.92 Å². The van der Waals surface area contributed by atoms with Crippen LogP contribution in [0.3, 0.4) is 0 Å². The van der Waals surface area contributed by atoms with E-state index in [4.69, 9.17) is 5.73 Å². The number of benzene rings is 1. The van der Waals surface area contributed by atoms with Gasteiger partial charge in [-0.1, -0.05) is 12.1 Å². The molecule has 2 aromatic heterocycles. The molecule has 0 bridgehead atoms. The van der Waals surface area contributed by atoms with Gasteiger partial charge in [-0.3, -0.25) is 4.98 Å². The van der Waals surface area contributed by atoms with Gasteiger partial charge in [0, 0.05) is 28.1 Å². The molecule has 19 heavy (non-hydrogen) atoms. The Morgan fingerprint density at radius 2 is 2.11 bits per heavy atom. The first-order chi connectivity index (χ1) is 9.15. The van der Waals surface area contributed by atoms with E-state index in [1.165, 1.54) is 0 Å². The number of aromatic nitrogens is 2. The summed E-state index contributed by atoms with van der Waals surface area (Å²) >= 11 is 1.67. The van der Waals surface area contributed by atoms with E-state index in [-0.39, 0.29) is 6.04 Å². The van der Waals surface area contributed by atoms with Crippen LogP contribution in [-0.4, -0.2) is 9.97 Å². The number of fused-ring (bicyclic) bond motifs is 1. The number of aryl methyl sites for hydroxylation is 1. The van der Waals surface area contributed by atoms with Gasteiger partial charge < -0.3 is 5.73 Å². The molecule has 0 saturated heterocycles. The first-order valence-corrected chi connectivity index (χ1v) is 7.05. The lowest BCUT2D eigenvalue weighted by Gasteiger charge is -2.06. The average molecular weight is 269 g/mol. The lowest BCUT2D eigenvalue weighted by Crippen LogP contribution is -2.04. The Hall–Kier alpha value is -1.78. The predicted molar refractivity (Wildman–Crippen MR) is 80.2 cm³/mol. The molecule has 1 aromatic carbocycles. The van der Waals surface area contributed by atoms with Gasteiger partial charge in [0.15, 0.2) is 0 Å². The monoisotopic (exact) mass is 269 g/mol. The molecule has 4 heteroatoms. The third-order valence-electron chi connectivity index (χ3n) is 3.05. The van der Waals surface area contributed by atoms with Gasteiger partial charge in [0.2, 0.25) is 0 Å². The fourth-order valence-electron chi connectivity index (χ4n) is 2.18. The number of nitrogens with zero attached hydrogens (tertiary/aromatic N) is 2. The number of hydrogen-bond acceptors (Lipinski definition) is 4. The summed E-state index contributed by atoms with van der Waals surface area (Å²) in [5.74, 6) is 0. The van der Waals surface area contributed by atoms with Crippen molar-refractivity contribution >= 4 is 22.2 Å². The fourth-order valence-corrected chi connectivity index (χ4v) is 3.08. The van der Waals surface area contributed by atoms with Gasteiger partial charge in [-0.15, -0.1) is 11.3 Å². The second-order valence-corrected chi connectivity index (χ2v) is 5.88. The highest BCUT2D eigenvalue weighted by Gasteiger charge is 2.14. The molecule has 3 nitrogen and oxygen atoms in total. The van der Waals surface area contributed by atoms with Crippen LogP contribution in [0.15, 0.2) is 36.5 Å². The van der Waals surface area contributed by atoms with Crippen LogP contribution in [-0.2, 0) is 0 Å². The molecular formula is C15H15N3S. The summed E-state index contributed by atoms with van der Waals surface area (Å²) in [4.78, 5) is 10.1. The molecule has 0 amide bonds. The standard InChI is InChI=1S/C15H15N3S/c1-9(16)15-14(18-10(2)19-15)12-5-6-13-11(8-12)4-3-7-17-13/h3-9H,16H2,1-2H3. The topological polar surface area (TPSA) is 51.8 Å². The Balaban J connectivity index is 2.18. The van der Waals surface area contributed by atoms with Crippen molar-refractivity contribution in [2.45, 2.75) is 19.9 Å². The summed E-state index contributed by atoms with van der Waals surface area (Å²) in [6.45, 7) is 4.02. The van der Waals surface area contributed by atoms with Crippen molar-refractivity contribution in [2.75, 3.05) is 0 Å². The molecule has 1 atom stereocenters. The van der Waals surface area contributed by atoms with Crippen LogP contribution >= 0.6 is 11.3 Å². The molecule has 0 saturated carbocycles. The maximum atomic E-state index is 6.04. The maximum absolute atomic E-state index is 6.04. The number of thiazole rings is 1. The summed E-state index contributed by atoms with van der Waals surface area (Å²) < 4.78 is 0. The summed E-state index contributed by atoms with van der Waals surface area (Å²) in [6.07, 6.45) is 1.81. The first-order valence-electron chi connectivity index (χ1n) is 6.23. The average Bonchev–Trinajstić information content (AvgIpc) is 2.80. The molecule has 96 valence electrons. The maximum Gasteiger partial charge on any atom is 0.0905 e. The minimum absolute atomic E-state index is 0.00537. The Morgan fingerprint density at radius 1 is 1.26 bits per heavy atom. The van der Waals surface area contributed by atoms with Gasteiger partial charge in [0.1, 0.15) is 0 Å². The van der Waals surface area contributed by atoms with Crippen molar-refractivity contribution in [3.05, 3.63) is 46.4 Å². The molecule has 1 unspecified atom stereocenters. The van der Waals surface area contributed by atoms with Gasteiger partial charge in [0.05, 0.1) is 16.2 Å². The van der Waals surface area contributed by atoms with Crippen LogP contribution < -0.4 is 5.73 Å². The highest BCUT2D eigenvalue weighted by molar-refractivity contribution is 7.12. The van der Waals surface area contributed by atoms with Gasteiger partial charge in [-0.05, 0) is 32.0 Å². The third kappa shape index (κ3) is 2.25. The number of nitrogens with two attached hydrogens (primary N) is 1. The highest BCUT2D eigenvalue weighted by Crippen LogP contribution is 2.32. The van der Waals surface area contributed by atoms with E-state index < -0.39 is 0 Å². The third-order valence-corrected chi connectivity index (χ3v) is 4.22. The molecule has 0 fully saturated rings. The zero-order valence-corrected chi connectivity index (χ0v) is 11.7. The number of rotatable bonds is 2. The van der Waals surface area contributed by atoms with Crippen molar-refractivity contribution in [1.29, 1.82) is 0 Å². The minimum Gasteiger partial charge on any atom is -0.323 e. The van der Waals surface area contributed by atoms with Crippen molar-refractivity contribution in [3.63, 3.8) is 0 Å². The van der Waals surface area contributed by atoms with Crippen molar-refractivity contribution in [3.8, 4) is 11.3 Å². The van der Waals surface area contributed by atoms with Crippen LogP contribution in [0.2, 0.25) is 0 Å². The number of hydrogen-bond donors (Lipinski definition) is 1. The molecule has 0 aliphatic heterocycles. The summed E-state index contributed by atoms with van der Waals surface area (Å²) in [5, 5.41) is 2.18. The minimum atomic E-state index is 0.00537. The van der Waals surface area contributed by atoms with Crippen molar-refractivity contribution in [1.82, 2.24) is 9.97 Å². The van der Waals surface area contributed by atoms with Gasteiger partial charge >= 0.3 is 0 Å². The van der Waals surface area contributed by atoms with Crippen LogP contribution in [0.25, 0.3) is 22.2 Å². The quantitative estimate of drug-likeness (QED) is 0.772. The van der Waals surface area contributed by atoms with E-state index >= 15 is 0 Å². The Kier molecular flexibility index (Phi) is 3.05. The van der Waals surface area contributed by atoms with Gasteiger partial charge in [-0.2, -0.15) is 0 Å². The second kappa shape index (κ2) is 4.72. The SMILES string of the molecule is Cc1nc(-c2ccc3ncccc3c2)c(C(C)N)s1. The lowest BCUT2D eigenvalue weighted by atomic mass is 10.1. The van der Waals surface area contributed by atoms with E-state index in [0.29, 0.717) is 0 Å². The zero-order chi connectivity index (χ0) is 13.4. The van der Waals surface area contributed by atoms with E-state index in [2.05, 4.69) is 28.2 Å². The molecule has 0 aliphatic rings. The van der Waals surface area contributed by atoms with Gasteiger partial charge in [-0.25, -0.2) is 4.98 Å². The summed E-state index contributed by atoms with van der Waals surface area (Å²) in [7, 11) is 0.